The molecule has 6 heteroatoms. The molecule has 24 heavy (non-hydrogen) atoms. The van der Waals surface area contributed by atoms with Crippen molar-refractivity contribution in [1.29, 1.82) is 0 Å². The average molecular weight is 327 g/mol. The number of hydrogen-bond donors (Lipinski definition) is 3. The van der Waals surface area contributed by atoms with E-state index in [2.05, 4.69) is 10.6 Å². The van der Waals surface area contributed by atoms with Crippen LogP contribution in [0.25, 0.3) is 0 Å². The molecule has 0 spiro atoms. The number of anilines is 2. The first-order chi connectivity index (χ1) is 11.6. The fourth-order valence-corrected chi connectivity index (χ4v) is 2.15. The Balaban J connectivity index is 2.00. The van der Waals surface area contributed by atoms with Gasteiger partial charge in [-0.05, 0) is 36.8 Å². The Morgan fingerprint density at radius 1 is 0.958 bits per heavy atom. The predicted molar refractivity (Wildman–Crippen MR) is 94.1 cm³/mol. The average Bonchev–Trinajstić information content (AvgIpc) is 2.58. The number of carbonyl (C=O) groups excluding carboxylic acids is 2. The molecule has 126 valence electrons. The zero-order chi connectivity index (χ0) is 17.4. The van der Waals surface area contributed by atoms with Crippen LogP contribution in [0.15, 0.2) is 48.5 Å². The maximum Gasteiger partial charge on any atom is 0.238 e. The molecule has 0 bridgehead atoms. The summed E-state index contributed by atoms with van der Waals surface area (Å²) in [5.74, 6) is 0.285. The summed E-state index contributed by atoms with van der Waals surface area (Å²) in [7, 11) is 0. The van der Waals surface area contributed by atoms with Crippen LogP contribution in [-0.4, -0.2) is 25.0 Å². The van der Waals surface area contributed by atoms with Gasteiger partial charge in [-0.3, -0.25) is 9.59 Å². The molecule has 0 unspecified atom stereocenters. The van der Waals surface area contributed by atoms with Crippen LogP contribution in [0.3, 0.4) is 0 Å². The van der Waals surface area contributed by atoms with E-state index in [0.29, 0.717) is 18.0 Å². The molecule has 0 aliphatic rings. The van der Waals surface area contributed by atoms with Crippen LogP contribution in [0.5, 0.6) is 5.75 Å². The van der Waals surface area contributed by atoms with Crippen LogP contribution < -0.4 is 21.1 Å². The summed E-state index contributed by atoms with van der Waals surface area (Å²) >= 11 is 0. The van der Waals surface area contributed by atoms with Gasteiger partial charge < -0.3 is 21.1 Å². The highest BCUT2D eigenvalue weighted by Gasteiger charge is 2.09. The molecule has 4 N–H and O–H groups in total. The number of hydrogen-bond acceptors (Lipinski definition) is 4. The van der Waals surface area contributed by atoms with E-state index >= 15 is 0 Å². The van der Waals surface area contributed by atoms with Crippen molar-refractivity contribution in [3.8, 4) is 5.75 Å². The number of para-hydroxylation sites is 2. The SMILES string of the molecule is CCOc1ccc(CC(=O)Nc2ccccc2NC(=O)CN)cc1. The summed E-state index contributed by atoms with van der Waals surface area (Å²) in [5, 5.41) is 5.46. The molecule has 0 aliphatic heterocycles. The lowest BCUT2D eigenvalue weighted by atomic mass is 10.1. The minimum Gasteiger partial charge on any atom is -0.494 e. The Hall–Kier alpha value is -2.86. The van der Waals surface area contributed by atoms with Gasteiger partial charge in [0.25, 0.3) is 0 Å². The van der Waals surface area contributed by atoms with E-state index in [9.17, 15) is 9.59 Å². The maximum atomic E-state index is 12.2. The number of rotatable bonds is 7. The van der Waals surface area contributed by atoms with E-state index in [1.54, 1.807) is 24.3 Å². The lowest BCUT2D eigenvalue weighted by Crippen LogP contribution is -2.23. The normalized spacial score (nSPS) is 10.1. The van der Waals surface area contributed by atoms with Crippen LogP contribution in [0.2, 0.25) is 0 Å². The van der Waals surface area contributed by atoms with Crippen LogP contribution in [0.1, 0.15) is 12.5 Å². The summed E-state index contributed by atoms with van der Waals surface area (Å²) in [6, 6.07) is 14.4. The van der Waals surface area contributed by atoms with Gasteiger partial charge in [0, 0.05) is 0 Å². The van der Waals surface area contributed by atoms with Crippen LogP contribution in [-0.2, 0) is 16.0 Å². The third-order valence-corrected chi connectivity index (χ3v) is 3.26. The number of benzene rings is 2. The van der Waals surface area contributed by atoms with Gasteiger partial charge in [0.1, 0.15) is 5.75 Å². The van der Waals surface area contributed by atoms with Crippen molar-refractivity contribution in [2.45, 2.75) is 13.3 Å². The molecule has 0 aromatic heterocycles. The van der Waals surface area contributed by atoms with Crippen LogP contribution >= 0.6 is 0 Å². The third-order valence-electron chi connectivity index (χ3n) is 3.26. The van der Waals surface area contributed by atoms with E-state index in [1.807, 2.05) is 31.2 Å². The Kier molecular flexibility index (Phi) is 6.33. The van der Waals surface area contributed by atoms with Gasteiger partial charge >= 0.3 is 0 Å². The summed E-state index contributed by atoms with van der Waals surface area (Å²) in [4.78, 5) is 23.7. The fourth-order valence-electron chi connectivity index (χ4n) is 2.15. The quantitative estimate of drug-likeness (QED) is 0.726. The van der Waals surface area contributed by atoms with Crippen molar-refractivity contribution in [1.82, 2.24) is 0 Å². The summed E-state index contributed by atoms with van der Waals surface area (Å²) in [6.45, 7) is 2.40. The van der Waals surface area contributed by atoms with Crippen molar-refractivity contribution in [3.05, 3.63) is 54.1 Å². The second-order valence-corrected chi connectivity index (χ2v) is 5.10. The van der Waals surface area contributed by atoms with E-state index < -0.39 is 0 Å². The largest absolute Gasteiger partial charge is 0.494 e. The molecule has 6 nitrogen and oxygen atoms in total. The monoisotopic (exact) mass is 327 g/mol. The van der Waals surface area contributed by atoms with Crippen molar-refractivity contribution in [3.63, 3.8) is 0 Å². The van der Waals surface area contributed by atoms with Crippen LogP contribution in [0, 0.1) is 0 Å². The highest BCUT2D eigenvalue weighted by Crippen LogP contribution is 2.21. The predicted octanol–water partition coefficient (Wildman–Crippen LogP) is 2.16. The number of amides is 2. The Morgan fingerprint density at radius 3 is 2.08 bits per heavy atom. The minimum absolute atomic E-state index is 0.117. The standard InChI is InChI=1S/C18H21N3O3/c1-2-24-14-9-7-13(8-10-14)11-17(22)20-15-5-3-4-6-16(15)21-18(23)12-19/h3-10H,2,11-12,19H2,1H3,(H,20,22)(H,21,23). The van der Waals surface area contributed by atoms with Crippen LogP contribution in [0.4, 0.5) is 11.4 Å². The lowest BCUT2D eigenvalue weighted by Gasteiger charge is -2.12. The van der Waals surface area contributed by atoms with Gasteiger partial charge in [-0.1, -0.05) is 24.3 Å². The molecule has 2 aromatic rings. The molecule has 2 rings (SSSR count). The molecule has 2 aromatic carbocycles. The number of ether oxygens (including phenoxy) is 1. The van der Waals surface area contributed by atoms with Gasteiger partial charge in [-0.2, -0.15) is 0 Å². The molecule has 0 aliphatic carbocycles. The zero-order valence-electron chi connectivity index (χ0n) is 13.5. The van der Waals surface area contributed by atoms with Gasteiger partial charge in [0.15, 0.2) is 0 Å². The third kappa shape index (κ3) is 5.10. The number of carbonyl (C=O) groups is 2. The highest BCUT2D eigenvalue weighted by atomic mass is 16.5. The van der Waals surface area contributed by atoms with E-state index in [4.69, 9.17) is 10.5 Å². The minimum atomic E-state index is -0.316. The van der Waals surface area contributed by atoms with Crippen molar-refractivity contribution in [2.75, 3.05) is 23.8 Å². The molecule has 0 fully saturated rings. The number of nitrogens with one attached hydrogen (secondary N) is 2. The van der Waals surface area contributed by atoms with Gasteiger partial charge in [0.2, 0.25) is 11.8 Å². The van der Waals surface area contributed by atoms with E-state index in [0.717, 1.165) is 11.3 Å². The lowest BCUT2D eigenvalue weighted by molar-refractivity contribution is -0.116. The Morgan fingerprint density at radius 2 is 1.54 bits per heavy atom. The topological polar surface area (TPSA) is 93.5 Å². The second kappa shape index (κ2) is 8.69. The van der Waals surface area contributed by atoms with Gasteiger partial charge in [0.05, 0.1) is 30.9 Å². The second-order valence-electron chi connectivity index (χ2n) is 5.10. The number of nitrogens with two attached hydrogens (primary N) is 1. The summed E-state index contributed by atoms with van der Waals surface area (Å²) in [6.07, 6.45) is 0.228. The fraction of sp³-hybridized carbons (Fsp3) is 0.222. The molecule has 0 radical (unpaired) electrons. The Bertz CT molecular complexity index is 699. The maximum absolute atomic E-state index is 12.2. The molecule has 2 amide bonds. The van der Waals surface area contributed by atoms with E-state index in [1.165, 1.54) is 0 Å². The van der Waals surface area contributed by atoms with Crippen molar-refractivity contribution >= 4 is 23.2 Å². The summed E-state index contributed by atoms with van der Waals surface area (Å²) in [5.41, 5.74) is 7.23. The van der Waals surface area contributed by atoms with Crippen molar-refractivity contribution in [2.24, 2.45) is 5.73 Å². The molecule has 0 atom stereocenters. The smallest absolute Gasteiger partial charge is 0.238 e. The zero-order valence-corrected chi connectivity index (χ0v) is 13.5. The first-order valence-electron chi connectivity index (χ1n) is 7.73. The van der Waals surface area contributed by atoms with Gasteiger partial charge in [-0.15, -0.1) is 0 Å². The van der Waals surface area contributed by atoms with Gasteiger partial charge in [-0.25, -0.2) is 0 Å². The molecular weight excluding hydrogens is 306 g/mol. The molecular formula is C18H21N3O3. The highest BCUT2D eigenvalue weighted by molar-refractivity contribution is 6.00. The Labute approximate surface area is 141 Å². The molecule has 0 saturated heterocycles. The first-order valence-corrected chi connectivity index (χ1v) is 7.73. The summed E-state index contributed by atoms with van der Waals surface area (Å²) < 4.78 is 5.37. The van der Waals surface area contributed by atoms with Crippen molar-refractivity contribution < 1.29 is 14.3 Å². The molecule has 0 saturated carbocycles. The molecule has 0 heterocycles. The first kappa shape index (κ1) is 17.5. The van der Waals surface area contributed by atoms with E-state index in [-0.39, 0.29) is 24.8 Å².